The molecule has 1 saturated heterocycles. The van der Waals surface area contributed by atoms with Gasteiger partial charge in [0, 0.05) is 13.0 Å². The summed E-state index contributed by atoms with van der Waals surface area (Å²) in [6.07, 6.45) is 2.84. The zero-order valence-corrected chi connectivity index (χ0v) is 9.33. The molecule has 3 nitrogen and oxygen atoms in total. The smallest absolute Gasteiger partial charge is 0.122 e. The van der Waals surface area contributed by atoms with Crippen LogP contribution >= 0.6 is 0 Å². The van der Waals surface area contributed by atoms with Gasteiger partial charge in [0.15, 0.2) is 0 Å². The fourth-order valence-electron chi connectivity index (χ4n) is 2.61. The van der Waals surface area contributed by atoms with E-state index in [9.17, 15) is 5.11 Å². The van der Waals surface area contributed by atoms with E-state index in [1.807, 2.05) is 12.1 Å². The van der Waals surface area contributed by atoms with Crippen molar-refractivity contribution in [3.63, 3.8) is 0 Å². The Morgan fingerprint density at radius 3 is 3.12 bits per heavy atom. The van der Waals surface area contributed by atoms with Gasteiger partial charge in [-0.25, -0.2) is 0 Å². The maximum absolute atomic E-state index is 10.6. The van der Waals surface area contributed by atoms with Crippen LogP contribution < -0.4 is 10.1 Å². The van der Waals surface area contributed by atoms with Gasteiger partial charge in [0.2, 0.25) is 0 Å². The Bertz CT molecular complexity index is 397. The van der Waals surface area contributed by atoms with Crippen LogP contribution in [-0.2, 0) is 12.0 Å². The second-order valence-electron chi connectivity index (χ2n) is 4.73. The van der Waals surface area contributed by atoms with E-state index in [-0.39, 0.29) is 0 Å². The fraction of sp³-hybridized carbons (Fsp3) is 0.538. The molecule has 2 aliphatic rings. The maximum atomic E-state index is 10.6. The number of benzene rings is 1. The van der Waals surface area contributed by atoms with Crippen LogP contribution in [-0.4, -0.2) is 24.8 Å². The molecule has 0 aliphatic carbocycles. The third kappa shape index (κ3) is 1.60. The Balaban J connectivity index is 1.93. The van der Waals surface area contributed by atoms with E-state index in [1.165, 1.54) is 5.56 Å². The molecule has 0 bridgehead atoms. The third-order valence-electron chi connectivity index (χ3n) is 3.59. The second kappa shape index (κ2) is 3.75. The number of nitrogens with one attached hydrogen (secondary N) is 1. The van der Waals surface area contributed by atoms with Crippen LogP contribution in [0.3, 0.4) is 0 Å². The molecule has 1 unspecified atom stereocenters. The molecule has 1 atom stereocenters. The van der Waals surface area contributed by atoms with E-state index in [0.717, 1.165) is 43.7 Å². The molecule has 0 amide bonds. The molecule has 1 aromatic rings. The molecule has 3 heteroatoms. The quantitative estimate of drug-likeness (QED) is 0.745. The monoisotopic (exact) mass is 219 g/mol. The first-order valence-electron chi connectivity index (χ1n) is 5.97. The Hall–Kier alpha value is -1.06. The van der Waals surface area contributed by atoms with Crippen LogP contribution in [0.25, 0.3) is 0 Å². The summed E-state index contributed by atoms with van der Waals surface area (Å²) in [6.45, 7) is 2.44. The summed E-state index contributed by atoms with van der Waals surface area (Å²) in [6, 6.07) is 6.09. The van der Waals surface area contributed by atoms with Gasteiger partial charge < -0.3 is 15.2 Å². The van der Waals surface area contributed by atoms with Gasteiger partial charge in [-0.2, -0.15) is 0 Å². The molecule has 2 N–H and O–H groups in total. The van der Waals surface area contributed by atoms with E-state index < -0.39 is 5.60 Å². The summed E-state index contributed by atoms with van der Waals surface area (Å²) >= 11 is 0. The zero-order valence-electron chi connectivity index (χ0n) is 9.33. The van der Waals surface area contributed by atoms with Crippen LogP contribution in [0, 0.1) is 0 Å². The van der Waals surface area contributed by atoms with Crippen molar-refractivity contribution in [3.05, 3.63) is 29.3 Å². The van der Waals surface area contributed by atoms with Crippen molar-refractivity contribution in [2.75, 3.05) is 19.7 Å². The summed E-state index contributed by atoms with van der Waals surface area (Å²) in [5.74, 6) is 0.983. The topological polar surface area (TPSA) is 41.5 Å². The summed E-state index contributed by atoms with van der Waals surface area (Å²) in [5.41, 5.74) is 1.58. The largest absolute Gasteiger partial charge is 0.493 e. The molecule has 0 saturated carbocycles. The lowest BCUT2D eigenvalue weighted by molar-refractivity contribution is 0.0122. The molecule has 1 fully saturated rings. The van der Waals surface area contributed by atoms with Gasteiger partial charge >= 0.3 is 0 Å². The number of rotatable bonds is 1. The van der Waals surface area contributed by atoms with Gasteiger partial charge in [-0.05, 0) is 42.6 Å². The molecule has 3 rings (SSSR count). The summed E-state index contributed by atoms with van der Waals surface area (Å²) in [7, 11) is 0. The number of β-amino-alcohol motifs (C(OH)–C–C–N with tert-alkyl or cyclic N) is 1. The van der Waals surface area contributed by atoms with Crippen LogP contribution in [0.1, 0.15) is 24.0 Å². The van der Waals surface area contributed by atoms with E-state index >= 15 is 0 Å². The van der Waals surface area contributed by atoms with Gasteiger partial charge in [0.1, 0.15) is 11.4 Å². The molecule has 86 valence electrons. The summed E-state index contributed by atoms with van der Waals surface area (Å²) < 4.78 is 5.48. The van der Waals surface area contributed by atoms with Crippen molar-refractivity contribution >= 4 is 0 Å². The third-order valence-corrected chi connectivity index (χ3v) is 3.59. The van der Waals surface area contributed by atoms with Crippen molar-refractivity contribution in [2.45, 2.75) is 24.9 Å². The SMILES string of the molecule is OC1(c2ccc3c(c2)CCO3)CCCNC1. The predicted octanol–water partition coefficient (Wildman–Crippen LogP) is 1.19. The van der Waals surface area contributed by atoms with Crippen molar-refractivity contribution in [2.24, 2.45) is 0 Å². The van der Waals surface area contributed by atoms with E-state index in [4.69, 9.17) is 4.74 Å². The van der Waals surface area contributed by atoms with Crippen LogP contribution in [0.2, 0.25) is 0 Å². The normalized spacial score (nSPS) is 28.6. The van der Waals surface area contributed by atoms with Gasteiger partial charge in [-0.15, -0.1) is 0 Å². The van der Waals surface area contributed by atoms with Crippen molar-refractivity contribution < 1.29 is 9.84 Å². The number of hydrogen-bond donors (Lipinski definition) is 2. The van der Waals surface area contributed by atoms with Crippen molar-refractivity contribution in [1.29, 1.82) is 0 Å². The highest BCUT2D eigenvalue weighted by atomic mass is 16.5. The molecule has 1 aromatic carbocycles. The average molecular weight is 219 g/mol. The highest BCUT2D eigenvalue weighted by Crippen LogP contribution is 2.33. The molecule has 0 radical (unpaired) electrons. The standard InChI is InChI=1S/C13H17NO2/c15-13(5-1-6-14-9-13)11-2-3-12-10(8-11)4-7-16-12/h2-3,8,14-15H,1,4-7,9H2. The molecule has 16 heavy (non-hydrogen) atoms. The highest BCUT2D eigenvalue weighted by Gasteiger charge is 2.32. The molecule has 0 aromatic heterocycles. The summed E-state index contributed by atoms with van der Waals surface area (Å²) in [5, 5.41) is 13.8. The zero-order chi connectivity index (χ0) is 11.0. The molecule has 2 aliphatic heterocycles. The highest BCUT2D eigenvalue weighted by molar-refractivity contribution is 5.41. The van der Waals surface area contributed by atoms with Crippen LogP contribution in [0.15, 0.2) is 18.2 Å². The lowest BCUT2D eigenvalue weighted by Crippen LogP contribution is -2.43. The van der Waals surface area contributed by atoms with E-state index in [0.29, 0.717) is 6.54 Å². The number of piperidine rings is 1. The van der Waals surface area contributed by atoms with Crippen LogP contribution in [0.5, 0.6) is 5.75 Å². The Morgan fingerprint density at radius 2 is 2.31 bits per heavy atom. The van der Waals surface area contributed by atoms with Crippen molar-refractivity contribution in [3.8, 4) is 5.75 Å². The molecular formula is C13H17NO2. The fourth-order valence-corrected chi connectivity index (χ4v) is 2.61. The first-order chi connectivity index (χ1) is 7.78. The number of fused-ring (bicyclic) bond motifs is 1. The van der Waals surface area contributed by atoms with Crippen molar-refractivity contribution in [1.82, 2.24) is 5.32 Å². The predicted molar refractivity (Wildman–Crippen MR) is 61.6 cm³/mol. The lowest BCUT2D eigenvalue weighted by atomic mass is 9.86. The first-order valence-corrected chi connectivity index (χ1v) is 5.97. The number of hydrogen-bond acceptors (Lipinski definition) is 3. The lowest BCUT2D eigenvalue weighted by Gasteiger charge is -2.33. The molecule has 2 heterocycles. The van der Waals surface area contributed by atoms with E-state index in [2.05, 4.69) is 11.4 Å². The summed E-state index contributed by atoms with van der Waals surface area (Å²) in [4.78, 5) is 0. The van der Waals surface area contributed by atoms with Crippen LogP contribution in [0.4, 0.5) is 0 Å². The van der Waals surface area contributed by atoms with E-state index in [1.54, 1.807) is 0 Å². The first kappa shape index (κ1) is 10.1. The minimum atomic E-state index is -0.685. The molecular weight excluding hydrogens is 202 g/mol. The van der Waals surface area contributed by atoms with Gasteiger partial charge in [-0.1, -0.05) is 6.07 Å². The van der Waals surface area contributed by atoms with Gasteiger partial charge in [0.25, 0.3) is 0 Å². The maximum Gasteiger partial charge on any atom is 0.122 e. The average Bonchev–Trinajstić information content (AvgIpc) is 2.77. The molecule has 0 spiro atoms. The van der Waals surface area contributed by atoms with Gasteiger partial charge in [-0.3, -0.25) is 0 Å². The van der Waals surface area contributed by atoms with Gasteiger partial charge in [0.05, 0.1) is 6.61 Å². The second-order valence-corrected chi connectivity index (χ2v) is 4.73. The Labute approximate surface area is 95.4 Å². The minimum absolute atomic E-state index is 0.659. The minimum Gasteiger partial charge on any atom is -0.493 e. The number of ether oxygens (including phenoxy) is 1. The Morgan fingerprint density at radius 1 is 1.38 bits per heavy atom. The number of aliphatic hydroxyl groups is 1. The Kier molecular flexibility index (Phi) is 2.37.